The first-order chi connectivity index (χ1) is 9.57. The van der Waals surface area contributed by atoms with Gasteiger partial charge in [-0.2, -0.15) is 0 Å². The first-order valence-corrected chi connectivity index (χ1v) is 6.75. The number of aromatic nitrogens is 1. The van der Waals surface area contributed by atoms with Gasteiger partial charge in [0.2, 0.25) is 0 Å². The first kappa shape index (κ1) is 12.9. The number of phenolic OH excluding ortho intramolecular Hbond substituents is 1. The third-order valence-corrected chi connectivity index (χ3v) is 3.97. The molecule has 0 amide bonds. The van der Waals surface area contributed by atoms with Crippen LogP contribution in [0.25, 0.3) is 0 Å². The molecular formula is C16H18N2O2. The Morgan fingerprint density at radius 1 is 1.30 bits per heavy atom. The van der Waals surface area contributed by atoms with Crippen LogP contribution in [0, 0.1) is 0 Å². The van der Waals surface area contributed by atoms with Gasteiger partial charge in [-0.05, 0) is 49.1 Å². The summed E-state index contributed by atoms with van der Waals surface area (Å²) in [6, 6.07) is 9.08. The second-order valence-corrected chi connectivity index (χ2v) is 5.46. The van der Waals surface area contributed by atoms with E-state index >= 15 is 0 Å². The summed E-state index contributed by atoms with van der Waals surface area (Å²) in [6.07, 6.45) is 5.11. The van der Waals surface area contributed by atoms with Gasteiger partial charge in [-0.3, -0.25) is 4.98 Å². The Morgan fingerprint density at radius 3 is 2.80 bits per heavy atom. The van der Waals surface area contributed by atoms with E-state index in [0.29, 0.717) is 0 Å². The maximum absolute atomic E-state index is 9.57. The molecule has 104 valence electrons. The molecule has 2 heterocycles. The van der Waals surface area contributed by atoms with Crippen LogP contribution in [0.5, 0.6) is 11.5 Å². The van der Waals surface area contributed by atoms with Gasteiger partial charge in [0.1, 0.15) is 17.6 Å². The van der Waals surface area contributed by atoms with Gasteiger partial charge >= 0.3 is 0 Å². The average Bonchev–Trinajstić information content (AvgIpc) is 2.47. The Bertz CT molecular complexity index is 611. The predicted octanol–water partition coefficient (Wildman–Crippen LogP) is 2.35. The third-order valence-electron chi connectivity index (χ3n) is 3.97. The molecule has 0 bridgehead atoms. The Hall–Kier alpha value is -2.07. The lowest BCUT2D eigenvalue weighted by Gasteiger charge is -2.38. The number of hydrogen-bond donors (Lipinski definition) is 2. The summed E-state index contributed by atoms with van der Waals surface area (Å²) in [5.74, 6) is 0.944. The molecule has 1 aliphatic rings. The number of nitrogens with zero attached hydrogens (tertiary/aromatic N) is 1. The van der Waals surface area contributed by atoms with E-state index in [2.05, 4.69) is 4.98 Å². The maximum atomic E-state index is 9.57. The Morgan fingerprint density at radius 2 is 2.05 bits per heavy atom. The van der Waals surface area contributed by atoms with Crippen LogP contribution >= 0.6 is 0 Å². The molecule has 1 aliphatic heterocycles. The lowest BCUT2D eigenvalue weighted by Crippen LogP contribution is -2.49. The molecule has 0 fully saturated rings. The summed E-state index contributed by atoms with van der Waals surface area (Å²) in [7, 11) is 0. The van der Waals surface area contributed by atoms with Crippen molar-refractivity contribution in [3.63, 3.8) is 0 Å². The minimum absolute atomic E-state index is 0.126. The molecule has 4 nitrogen and oxygen atoms in total. The molecule has 0 saturated carbocycles. The number of fused-ring (bicyclic) bond motifs is 1. The standard InChI is InChI=1S/C16H18N2O2/c1-16(17,12-6-8-18-9-7-12)15-5-3-11-2-4-13(19)10-14(11)20-15/h2,4,6-10,15,19H,3,5,17H2,1H3. The Labute approximate surface area is 118 Å². The van der Waals surface area contributed by atoms with E-state index < -0.39 is 5.54 Å². The number of ether oxygens (including phenoxy) is 1. The van der Waals surface area contributed by atoms with Gasteiger partial charge in [0.05, 0.1) is 5.54 Å². The molecule has 0 spiro atoms. The summed E-state index contributed by atoms with van der Waals surface area (Å²) in [4.78, 5) is 4.02. The van der Waals surface area contributed by atoms with E-state index in [4.69, 9.17) is 10.5 Å². The van der Waals surface area contributed by atoms with Crippen LogP contribution < -0.4 is 10.5 Å². The molecule has 2 aromatic rings. The van der Waals surface area contributed by atoms with Gasteiger partial charge in [-0.15, -0.1) is 0 Å². The zero-order valence-electron chi connectivity index (χ0n) is 11.4. The lowest BCUT2D eigenvalue weighted by molar-refractivity contribution is 0.0956. The second kappa shape index (κ2) is 4.80. The average molecular weight is 270 g/mol. The molecule has 2 unspecified atom stereocenters. The van der Waals surface area contributed by atoms with Crippen molar-refractivity contribution in [2.45, 2.75) is 31.4 Å². The zero-order chi connectivity index (χ0) is 14.2. The van der Waals surface area contributed by atoms with E-state index in [0.717, 1.165) is 29.7 Å². The van der Waals surface area contributed by atoms with Gasteiger partial charge in [0.25, 0.3) is 0 Å². The Kier molecular flexibility index (Phi) is 3.10. The van der Waals surface area contributed by atoms with Crippen LogP contribution in [0.4, 0.5) is 0 Å². The van der Waals surface area contributed by atoms with Crippen molar-refractivity contribution in [3.05, 3.63) is 53.9 Å². The monoisotopic (exact) mass is 270 g/mol. The summed E-state index contributed by atoms with van der Waals surface area (Å²) in [5.41, 5.74) is 8.02. The van der Waals surface area contributed by atoms with Crippen molar-refractivity contribution >= 4 is 0 Å². The van der Waals surface area contributed by atoms with Crippen molar-refractivity contribution in [1.29, 1.82) is 0 Å². The van der Waals surface area contributed by atoms with Crippen LogP contribution in [-0.2, 0) is 12.0 Å². The number of pyridine rings is 1. The molecule has 1 aromatic heterocycles. The minimum atomic E-state index is -0.591. The first-order valence-electron chi connectivity index (χ1n) is 6.75. The van der Waals surface area contributed by atoms with E-state index in [1.54, 1.807) is 24.5 Å². The number of benzene rings is 1. The zero-order valence-corrected chi connectivity index (χ0v) is 11.4. The van der Waals surface area contributed by atoms with Crippen molar-refractivity contribution in [1.82, 2.24) is 4.98 Å². The molecule has 4 heteroatoms. The summed E-state index contributed by atoms with van der Waals surface area (Å²) < 4.78 is 6.03. The van der Waals surface area contributed by atoms with Gasteiger partial charge in [-0.1, -0.05) is 6.07 Å². The molecule has 0 radical (unpaired) electrons. The lowest BCUT2D eigenvalue weighted by atomic mass is 9.83. The molecule has 3 rings (SSSR count). The van der Waals surface area contributed by atoms with Gasteiger partial charge in [0.15, 0.2) is 0 Å². The van der Waals surface area contributed by atoms with Crippen molar-refractivity contribution in [2.75, 3.05) is 0 Å². The SMILES string of the molecule is CC(N)(c1ccncc1)C1CCc2ccc(O)cc2O1. The fraction of sp³-hybridized carbons (Fsp3) is 0.312. The van der Waals surface area contributed by atoms with Gasteiger partial charge in [0, 0.05) is 18.5 Å². The molecule has 20 heavy (non-hydrogen) atoms. The van der Waals surface area contributed by atoms with Crippen LogP contribution in [-0.4, -0.2) is 16.2 Å². The number of phenols is 1. The van der Waals surface area contributed by atoms with Gasteiger partial charge < -0.3 is 15.6 Å². The quantitative estimate of drug-likeness (QED) is 0.879. The van der Waals surface area contributed by atoms with Crippen molar-refractivity contribution in [3.8, 4) is 11.5 Å². The smallest absolute Gasteiger partial charge is 0.126 e. The number of hydrogen-bond acceptors (Lipinski definition) is 4. The van der Waals surface area contributed by atoms with Crippen molar-refractivity contribution < 1.29 is 9.84 Å². The van der Waals surface area contributed by atoms with Crippen LogP contribution in [0.1, 0.15) is 24.5 Å². The molecular weight excluding hydrogens is 252 g/mol. The molecule has 0 saturated heterocycles. The Balaban J connectivity index is 1.89. The summed E-state index contributed by atoms with van der Waals surface area (Å²) >= 11 is 0. The van der Waals surface area contributed by atoms with Crippen molar-refractivity contribution in [2.24, 2.45) is 5.73 Å². The van der Waals surface area contributed by atoms with Crippen LogP contribution in [0.2, 0.25) is 0 Å². The number of aryl methyl sites for hydroxylation is 1. The number of nitrogens with two attached hydrogens (primary N) is 1. The molecule has 3 N–H and O–H groups in total. The highest BCUT2D eigenvalue weighted by molar-refractivity contribution is 5.42. The minimum Gasteiger partial charge on any atom is -0.508 e. The highest BCUT2D eigenvalue weighted by Gasteiger charge is 2.36. The normalized spacial score (nSPS) is 20.6. The topological polar surface area (TPSA) is 68.4 Å². The molecule has 1 aromatic carbocycles. The maximum Gasteiger partial charge on any atom is 0.126 e. The van der Waals surface area contributed by atoms with E-state index in [9.17, 15) is 5.11 Å². The molecule has 0 aliphatic carbocycles. The predicted molar refractivity (Wildman–Crippen MR) is 76.6 cm³/mol. The number of aromatic hydroxyl groups is 1. The summed E-state index contributed by atoms with van der Waals surface area (Å²) in [5, 5.41) is 9.57. The summed E-state index contributed by atoms with van der Waals surface area (Å²) in [6.45, 7) is 1.97. The second-order valence-electron chi connectivity index (χ2n) is 5.46. The van der Waals surface area contributed by atoms with E-state index in [1.165, 1.54) is 0 Å². The number of rotatable bonds is 2. The largest absolute Gasteiger partial charge is 0.508 e. The fourth-order valence-corrected chi connectivity index (χ4v) is 2.68. The van der Waals surface area contributed by atoms with Crippen LogP contribution in [0.15, 0.2) is 42.7 Å². The third kappa shape index (κ3) is 2.23. The molecule has 2 atom stereocenters. The van der Waals surface area contributed by atoms with Crippen LogP contribution in [0.3, 0.4) is 0 Å². The van der Waals surface area contributed by atoms with E-state index in [1.807, 2.05) is 25.1 Å². The van der Waals surface area contributed by atoms with Gasteiger partial charge in [-0.25, -0.2) is 0 Å². The highest BCUT2D eigenvalue weighted by Crippen LogP contribution is 2.36. The fourth-order valence-electron chi connectivity index (χ4n) is 2.68. The highest BCUT2D eigenvalue weighted by atomic mass is 16.5. The van der Waals surface area contributed by atoms with E-state index in [-0.39, 0.29) is 11.9 Å².